The average Bonchev–Trinajstić information content (AvgIpc) is 2.75. The van der Waals surface area contributed by atoms with Gasteiger partial charge in [-0.3, -0.25) is 0 Å². The number of pyridine rings is 1. The third-order valence-electron chi connectivity index (χ3n) is 5.21. The number of rotatable bonds is 8. The lowest BCUT2D eigenvalue weighted by molar-refractivity contribution is 0.0690. The second kappa shape index (κ2) is 11.5. The van der Waals surface area contributed by atoms with Gasteiger partial charge in [0.2, 0.25) is 0 Å². The van der Waals surface area contributed by atoms with Gasteiger partial charge >= 0.3 is 5.97 Å². The maximum absolute atomic E-state index is 11.5. The Kier molecular flexibility index (Phi) is 9.04. The van der Waals surface area contributed by atoms with Crippen molar-refractivity contribution in [2.75, 3.05) is 0 Å². The monoisotopic (exact) mass is 421 g/mol. The van der Waals surface area contributed by atoms with Crippen molar-refractivity contribution in [1.29, 1.82) is 0 Å². The van der Waals surface area contributed by atoms with E-state index in [4.69, 9.17) is 4.74 Å². The van der Waals surface area contributed by atoms with E-state index in [2.05, 4.69) is 44.8 Å². The van der Waals surface area contributed by atoms with Crippen LogP contribution in [0.5, 0.6) is 11.5 Å². The zero-order chi connectivity index (χ0) is 23.0. The highest BCUT2D eigenvalue weighted by Gasteiger charge is 2.14. The van der Waals surface area contributed by atoms with Crippen LogP contribution in [0.1, 0.15) is 82.0 Å². The number of hydrogen-bond acceptors (Lipinski definition) is 3. The minimum Gasteiger partial charge on any atom is -0.477 e. The second-order valence-corrected chi connectivity index (χ2v) is 8.07. The van der Waals surface area contributed by atoms with Crippen LogP contribution in [-0.4, -0.2) is 16.1 Å². The van der Waals surface area contributed by atoms with Crippen molar-refractivity contribution in [1.82, 2.24) is 4.98 Å². The molecule has 1 aromatic heterocycles. The fourth-order valence-corrected chi connectivity index (χ4v) is 3.61. The highest BCUT2D eigenvalue weighted by atomic mass is 16.5. The number of ether oxygens (including phenoxy) is 1. The molecule has 166 valence electrons. The molecule has 0 amide bonds. The van der Waals surface area contributed by atoms with Gasteiger partial charge in [-0.1, -0.05) is 72.6 Å². The van der Waals surface area contributed by atoms with Crippen molar-refractivity contribution in [2.45, 2.75) is 66.7 Å². The van der Waals surface area contributed by atoms with Crippen LogP contribution in [0.25, 0.3) is 10.8 Å². The van der Waals surface area contributed by atoms with Crippen molar-refractivity contribution in [2.24, 2.45) is 5.92 Å². The highest BCUT2D eigenvalue weighted by molar-refractivity contribution is 5.94. The molecule has 0 saturated heterocycles. The van der Waals surface area contributed by atoms with Gasteiger partial charge in [-0.05, 0) is 59.5 Å². The fraction of sp³-hybridized carbons (Fsp3) is 0.407. The van der Waals surface area contributed by atoms with E-state index in [0.717, 1.165) is 47.2 Å². The van der Waals surface area contributed by atoms with E-state index in [0.29, 0.717) is 11.8 Å². The number of benzene rings is 2. The van der Waals surface area contributed by atoms with Crippen molar-refractivity contribution in [3.8, 4) is 11.5 Å². The molecule has 0 aliphatic rings. The minimum atomic E-state index is -0.998. The lowest BCUT2D eigenvalue weighted by atomic mass is 9.96. The molecule has 1 atom stereocenters. The molecular formula is C27H35NO3. The zero-order valence-corrected chi connectivity index (χ0v) is 19.6. The molecule has 0 spiro atoms. The Morgan fingerprint density at radius 2 is 1.65 bits per heavy atom. The van der Waals surface area contributed by atoms with Crippen LogP contribution in [0.15, 0.2) is 48.5 Å². The number of carbonyl (C=O) groups is 1. The standard InChI is InChI=1S/C25H29NO3.C2H6/c1-5-6-17(4)13-23-22-15-21(12-9-19(22)14-24(26-23)25(27)28)29-20-10-7-18(8-11-20)16(2)3;1-2/h7-12,14-17H,5-6,13H2,1-4H3,(H,27,28);1-2H3. The Labute approximate surface area is 186 Å². The largest absolute Gasteiger partial charge is 0.477 e. The molecule has 31 heavy (non-hydrogen) atoms. The Bertz CT molecular complexity index is 993. The second-order valence-electron chi connectivity index (χ2n) is 8.07. The molecule has 1 unspecified atom stereocenters. The normalized spacial score (nSPS) is 11.7. The SMILES string of the molecule is CC.CCCC(C)Cc1nc(C(=O)O)cc2ccc(Oc3ccc(C(C)C)cc3)cc12. The third-order valence-corrected chi connectivity index (χ3v) is 5.21. The lowest BCUT2D eigenvalue weighted by Crippen LogP contribution is -2.07. The quantitative estimate of drug-likeness (QED) is 0.402. The van der Waals surface area contributed by atoms with Crippen molar-refractivity contribution in [3.63, 3.8) is 0 Å². The summed E-state index contributed by atoms with van der Waals surface area (Å²) in [6.45, 7) is 12.7. The summed E-state index contributed by atoms with van der Waals surface area (Å²) in [7, 11) is 0. The Morgan fingerprint density at radius 3 is 2.23 bits per heavy atom. The summed E-state index contributed by atoms with van der Waals surface area (Å²) in [6.07, 6.45) is 2.93. The minimum absolute atomic E-state index is 0.0918. The smallest absolute Gasteiger partial charge is 0.354 e. The van der Waals surface area contributed by atoms with E-state index in [1.807, 2.05) is 44.2 Å². The number of fused-ring (bicyclic) bond motifs is 1. The van der Waals surface area contributed by atoms with Gasteiger partial charge in [-0.25, -0.2) is 9.78 Å². The van der Waals surface area contributed by atoms with Gasteiger partial charge < -0.3 is 9.84 Å². The summed E-state index contributed by atoms with van der Waals surface area (Å²) < 4.78 is 6.06. The molecular weight excluding hydrogens is 386 g/mol. The number of aromatic carboxylic acids is 1. The van der Waals surface area contributed by atoms with Crippen LogP contribution < -0.4 is 4.74 Å². The van der Waals surface area contributed by atoms with Gasteiger partial charge in [0.1, 0.15) is 17.2 Å². The molecule has 0 fully saturated rings. The van der Waals surface area contributed by atoms with E-state index in [1.54, 1.807) is 6.07 Å². The van der Waals surface area contributed by atoms with E-state index in [1.165, 1.54) is 5.56 Å². The summed E-state index contributed by atoms with van der Waals surface area (Å²) in [4.78, 5) is 16.0. The third kappa shape index (κ3) is 6.55. The first-order chi connectivity index (χ1) is 14.9. The Morgan fingerprint density at radius 1 is 1.00 bits per heavy atom. The van der Waals surface area contributed by atoms with Gasteiger partial charge in [-0.2, -0.15) is 0 Å². The Balaban J connectivity index is 0.00000166. The molecule has 4 heteroatoms. The number of hydrogen-bond donors (Lipinski definition) is 1. The average molecular weight is 422 g/mol. The molecule has 0 aliphatic heterocycles. The van der Waals surface area contributed by atoms with Gasteiger partial charge in [0, 0.05) is 11.1 Å². The van der Waals surface area contributed by atoms with Gasteiger partial charge in [0.05, 0.1) is 0 Å². The molecule has 0 aliphatic carbocycles. The van der Waals surface area contributed by atoms with Crippen molar-refractivity contribution >= 4 is 16.7 Å². The number of carboxylic acid groups (broad SMARTS) is 1. The Hall–Kier alpha value is -2.88. The van der Waals surface area contributed by atoms with Crippen molar-refractivity contribution < 1.29 is 14.6 Å². The predicted octanol–water partition coefficient (Wildman–Crippen LogP) is 7.85. The van der Waals surface area contributed by atoms with E-state index in [9.17, 15) is 9.90 Å². The molecule has 0 saturated carbocycles. The summed E-state index contributed by atoms with van der Waals surface area (Å²) in [5.74, 6) is 1.43. The molecule has 3 rings (SSSR count). The molecule has 1 N–H and O–H groups in total. The van der Waals surface area contributed by atoms with Gasteiger partial charge in [0.15, 0.2) is 0 Å². The zero-order valence-electron chi connectivity index (χ0n) is 19.6. The first-order valence-corrected chi connectivity index (χ1v) is 11.3. The van der Waals surface area contributed by atoms with Gasteiger partial charge in [-0.15, -0.1) is 0 Å². The molecule has 3 aromatic rings. The molecule has 1 heterocycles. The van der Waals surface area contributed by atoms with Crippen molar-refractivity contribution in [3.05, 3.63) is 65.5 Å². The van der Waals surface area contributed by atoms with Gasteiger partial charge in [0.25, 0.3) is 0 Å². The van der Waals surface area contributed by atoms with E-state index in [-0.39, 0.29) is 5.69 Å². The summed E-state index contributed by atoms with van der Waals surface area (Å²) >= 11 is 0. The van der Waals surface area contributed by atoms with Crippen LogP contribution in [0, 0.1) is 5.92 Å². The number of carboxylic acids is 1. The molecule has 0 bridgehead atoms. The van der Waals surface area contributed by atoms with Crippen LogP contribution in [0.2, 0.25) is 0 Å². The molecule has 2 aromatic carbocycles. The first-order valence-electron chi connectivity index (χ1n) is 11.3. The van der Waals surface area contributed by atoms with Crippen LogP contribution in [0.4, 0.5) is 0 Å². The predicted molar refractivity (Wildman–Crippen MR) is 128 cm³/mol. The molecule has 4 nitrogen and oxygen atoms in total. The van der Waals surface area contributed by atoms with E-state index < -0.39 is 5.97 Å². The summed E-state index contributed by atoms with van der Waals surface area (Å²) in [6, 6.07) is 15.5. The molecule has 0 radical (unpaired) electrons. The lowest BCUT2D eigenvalue weighted by Gasteiger charge is -2.14. The van der Waals surface area contributed by atoms with E-state index >= 15 is 0 Å². The van der Waals surface area contributed by atoms with Crippen LogP contribution in [0.3, 0.4) is 0 Å². The van der Waals surface area contributed by atoms with Crippen LogP contribution in [-0.2, 0) is 6.42 Å². The highest BCUT2D eigenvalue weighted by Crippen LogP contribution is 2.30. The summed E-state index contributed by atoms with van der Waals surface area (Å²) in [5.41, 5.74) is 2.18. The topological polar surface area (TPSA) is 59.4 Å². The maximum atomic E-state index is 11.5. The maximum Gasteiger partial charge on any atom is 0.354 e. The first kappa shape index (κ1) is 24.4. The van der Waals surface area contributed by atoms with Crippen LogP contribution >= 0.6 is 0 Å². The number of aromatic nitrogens is 1. The number of nitrogens with zero attached hydrogens (tertiary/aromatic N) is 1. The fourth-order valence-electron chi connectivity index (χ4n) is 3.61. The summed E-state index contributed by atoms with van der Waals surface area (Å²) in [5, 5.41) is 11.3.